The van der Waals surface area contributed by atoms with Gasteiger partial charge >= 0.3 is 0 Å². The third kappa shape index (κ3) is 2.55. The van der Waals surface area contributed by atoms with Crippen LogP contribution in [-0.2, 0) is 12.8 Å². The Hall–Kier alpha value is -5.24. The normalized spacial score (nSPS) is 12.7. The predicted molar refractivity (Wildman–Crippen MR) is 164 cm³/mol. The van der Waals surface area contributed by atoms with Crippen LogP contribution in [0.1, 0.15) is 37.8 Å². The molecule has 0 unspecified atom stereocenters. The summed E-state index contributed by atoms with van der Waals surface area (Å²) in [6.45, 7) is 3.98. The predicted octanol–water partition coefficient (Wildman–Crippen LogP) is 6.37. The first-order valence-corrected chi connectivity index (χ1v) is 13.9. The number of aromatic hydroxyl groups is 6. The first-order chi connectivity index (χ1) is 20.1. The molecule has 0 aliphatic carbocycles. The fourth-order valence-electron chi connectivity index (χ4n) is 7.69. The maximum atomic E-state index is 13.8. The molecule has 0 saturated carbocycles. The van der Waals surface area contributed by atoms with Crippen molar-refractivity contribution in [2.45, 2.75) is 39.5 Å². The Morgan fingerprint density at radius 2 is 0.786 bits per heavy atom. The second kappa shape index (κ2) is 7.73. The van der Waals surface area contributed by atoms with Crippen LogP contribution >= 0.6 is 0 Å². The smallest absolute Gasteiger partial charge is 0.190 e. The average Bonchev–Trinajstić information content (AvgIpc) is 2.92. The SMILES string of the molecule is CCCc1cc(O)c2c(O)c3c(O)cc(=O)c4c5c(O)cc(O)c6c(O)c7c(=O)cc(CCC)c8c1c2c(c34)c(c65)c78. The number of hydrogen-bond acceptors (Lipinski definition) is 8. The number of phenols is 6. The van der Waals surface area contributed by atoms with Gasteiger partial charge in [-0.25, -0.2) is 0 Å². The number of benzene rings is 8. The number of phenolic OH excluding ortho intramolecular Hbond substituents is 6. The topological polar surface area (TPSA) is 156 Å². The molecule has 8 rings (SSSR count). The van der Waals surface area contributed by atoms with Gasteiger partial charge in [0.15, 0.2) is 10.9 Å². The van der Waals surface area contributed by atoms with Crippen LogP contribution in [0, 0.1) is 0 Å². The summed E-state index contributed by atoms with van der Waals surface area (Å²) < 4.78 is 0. The maximum Gasteiger partial charge on any atom is 0.190 e. The maximum absolute atomic E-state index is 13.8. The van der Waals surface area contributed by atoms with Gasteiger partial charge in [-0.2, -0.15) is 0 Å². The highest BCUT2D eigenvalue weighted by Crippen LogP contribution is 2.59. The number of hydrogen-bond donors (Lipinski definition) is 6. The minimum atomic E-state index is -0.645. The molecule has 0 atom stereocenters. The van der Waals surface area contributed by atoms with Gasteiger partial charge in [0, 0.05) is 55.2 Å². The van der Waals surface area contributed by atoms with Crippen molar-refractivity contribution in [3.8, 4) is 34.5 Å². The van der Waals surface area contributed by atoms with E-state index >= 15 is 0 Å². The zero-order valence-corrected chi connectivity index (χ0v) is 22.6. The molecule has 0 radical (unpaired) electrons. The van der Waals surface area contributed by atoms with E-state index in [1.165, 1.54) is 6.07 Å². The summed E-state index contributed by atoms with van der Waals surface area (Å²) in [4.78, 5) is 27.4. The molecule has 0 aliphatic rings. The van der Waals surface area contributed by atoms with Crippen LogP contribution < -0.4 is 10.9 Å². The van der Waals surface area contributed by atoms with Crippen LogP contribution in [0.5, 0.6) is 34.5 Å². The molecule has 8 heteroatoms. The van der Waals surface area contributed by atoms with Gasteiger partial charge in [0.1, 0.15) is 34.5 Å². The molecule has 0 aromatic heterocycles. The summed E-state index contributed by atoms with van der Waals surface area (Å²) in [6.07, 6.45) is 2.50. The Kier molecular flexibility index (Phi) is 4.52. The van der Waals surface area contributed by atoms with Crippen molar-refractivity contribution >= 4 is 75.4 Å². The molecule has 0 amide bonds. The number of rotatable bonds is 4. The molecule has 6 N–H and O–H groups in total. The molecule has 0 fully saturated rings. The van der Waals surface area contributed by atoms with E-state index in [0.29, 0.717) is 51.6 Å². The minimum absolute atomic E-state index is 0.0132. The molecule has 8 aromatic rings. The average molecular weight is 561 g/mol. The minimum Gasteiger partial charge on any atom is -0.507 e. The molecule has 0 spiro atoms. The highest BCUT2D eigenvalue weighted by molar-refractivity contribution is 6.51. The first-order valence-electron chi connectivity index (χ1n) is 13.9. The largest absolute Gasteiger partial charge is 0.507 e. The van der Waals surface area contributed by atoms with E-state index in [2.05, 4.69) is 0 Å². The zero-order valence-electron chi connectivity index (χ0n) is 22.6. The van der Waals surface area contributed by atoms with E-state index < -0.39 is 39.6 Å². The van der Waals surface area contributed by atoms with Crippen LogP contribution in [0.3, 0.4) is 0 Å². The van der Waals surface area contributed by atoms with Gasteiger partial charge in [-0.3, -0.25) is 9.59 Å². The fraction of sp³-hybridized carbons (Fsp3) is 0.176. The number of aryl methyl sites for hydroxylation is 2. The van der Waals surface area contributed by atoms with Crippen LogP contribution in [0.25, 0.3) is 75.4 Å². The lowest BCUT2D eigenvalue weighted by atomic mass is 9.77. The van der Waals surface area contributed by atoms with Gasteiger partial charge in [0.2, 0.25) is 0 Å². The third-order valence-corrected chi connectivity index (χ3v) is 9.05. The van der Waals surface area contributed by atoms with Crippen LogP contribution in [-0.4, -0.2) is 30.6 Å². The molecule has 42 heavy (non-hydrogen) atoms. The Morgan fingerprint density at radius 3 is 1.38 bits per heavy atom. The third-order valence-electron chi connectivity index (χ3n) is 9.05. The molecule has 208 valence electrons. The summed E-state index contributed by atoms with van der Waals surface area (Å²) in [5, 5.41) is 71.2. The zero-order chi connectivity index (χ0) is 29.5. The van der Waals surface area contributed by atoms with Crippen molar-refractivity contribution in [3.05, 3.63) is 55.8 Å². The van der Waals surface area contributed by atoms with Crippen molar-refractivity contribution in [2.24, 2.45) is 0 Å². The molecule has 0 saturated heterocycles. The van der Waals surface area contributed by atoms with Crippen molar-refractivity contribution in [1.82, 2.24) is 0 Å². The summed E-state index contributed by atoms with van der Waals surface area (Å²) in [5.74, 6) is -2.51. The van der Waals surface area contributed by atoms with Crippen molar-refractivity contribution in [3.63, 3.8) is 0 Å². The Balaban J connectivity index is 1.97. The lowest BCUT2D eigenvalue weighted by Gasteiger charge is -2.26. The highest BCUT2D eigenvalue weighted by atomic mass is 16.3. The second-order valence-electron chi connectivity index (χ2n) is 11.3. The number of fused-ring (bicyclic) bond motifs is 2. The summed E-state index contributed by atoms with van der Waals surface area (Å²) in [6, 6.07) is 5.03. The van der Waals surface area contributed by atoms with Crippen LogP contribution in [0.4, 0.5) is 0 Å². The second-order valence-corrected chi connectivity index (χ2v) is 11.3. The van der Waals surface area contributed by atoms with Crippen LogP contribution in [0.2, 0.25) is 0 Å². The summed E-state index contributed by atoms with van der Waals surface area (Å²) >= 11 is 0. The standard InChI is InChI=1S/C34H24O8/c1-3-5-11-7-13(35)23-27-19(11)20-12(6-4-2)8-14(36)24-28(20)32-30-22(16(38)10-18(40)26(30)34(24)42)21-15(37)9-17(39)25(33(23)41)29(21)31(27)32/h7-10,35,38-42H,3-6H2,1-2H3. The molecular weight excluding hydrogens is 536 g/mol. The van der Waals surface area contributed by atoms with Gasteiger partial charge in [0.05, 0.1) is 21.5 Å². The Bertz CT molecular complexity index is 2580. The van der Waals surface area contributed by atoms with Crippen molar-refractivity contribution < 1.29 is 30.6 Å². The van der Waals surface area contributed by atoms with Crippen molar-refractivity contribution in [2.75, 3.05) is 0 Å². The van der Waals surface area contributed by atoms with Crippen molar-refractivity contribution in [1.29, 1.82) is 0 Å². The molecule has 0 heterocycles. The Labute approximate surface area is 235 Å². The molecule has 0 bridgehead atoms. The molecule has 0 aliphatic heterocycles. The van der Waals surface area contributed by atoms with E-state index in [1.807, 2.05) is 13.8 Å². The van der Waals surface area contributed by atoms with Crippen LogP contribution in [0.15, 0.2) is 33.9 Å². The van der Waals surface area contributed by atoms with E-state index in [-0.39, 0.29) is 48.8 Å². The van der Waals surface area contributed by atoms with E-state index in [0.717, 1.165) is 29.7 Å². The molecule has 8 aromatic carbocycles. The summed E-state index contributed by atoms with van der Waals surface area (Å²) in [5.41, 5.74) is 0.386. The van der Waals surface area contributed by atoms with Gasteiger partial charge in [-0.05, 0) is 46.9 Å². The quantitative estimate of drug-likeness (QED) is 0.107. The first kappa shape index (κ1) is 24.5. The highest BCUT2D eigenvalue weighted by Gasteiger charge is 2.33. The van der Waals surface area contributed by atoms with E-state index in [4.69, 9.17) is 0 Å². The molecular formula is C34H24O8. The summed E-state index contributed by atoms with van der Waals surface area (Å²) in [7, 11) is 0. The lowest BCUT2D eigenvalue weighted by molar-refractivity contribution is 0.453. The van der Waals surface area contributed by atoms with Gasteiger partial charge in [0.25, 0.3) is 0 Å². The Morgan fingerprint density at radius 1 is 0.405 bits per heavy atom. The lowest BCUT2D eigenvalue weighted by Crippen LogP contribution is -2.09. The monoisotopic (exact) mass is 560 g/mol. The molecule has 8 nitrogen and oxygen atoms in total. The van der Waals surface area contributed by atoms with Gasteiger partial charge in [-0.15, -0.1) is 0 Å². The van der Waals surface area contributed by atoms with E-state index in [9.17, 15) is 40.2 Å². The van der Waals surface area contributed by atoms with E-state index in [1.54, 1.807) is 6.07 Å². The van der Waals surface area contributed by atoms with Gasteiger partial charge < -0.3 is 30.6 Å². The fourth-order valence-corrected chi connectivity index (χ4v) is 7.69. The van der Waals surface area contributed by atoms with Gasteiger partial charge in [-0.1, -0.05) is 26.7 Å².